The molecule has 0 aliphatic carbocycles. The first-order valence-electron chi connectivity index (χ1n) is 6.06. The number of esters is 1. The van der Waals surface area contributed by atoms with Crippen LogP contribution in [0.3, 0.4) is 0 Å². The summed E-state index contributed by atoms with van der Waals surface area (Å²) < 4.78 is 4.79. The van der Waals surface area contributed by atoms with Crippen molar-refractivity contribution in [3.8, 4) is 6.07 Å². The van der Waals surface area contributed by atoms with Crippen LogP contribution < -0.4 is 0 Å². The van der Waals surface area contributed by atoms with Crippen LogP contribution in [-0.4, -0.2) is 5.97 Å². The Morgan fingerprint density at radius 1 is 1.24 bits per heavy atom. The Bertz CT molecular complexity index is 575. The van der Waals surface area contributed by atoms with Crippen LogP contribution in [0.25, 0.3) is 6.08 Å². The molecule has 0 spiro atoms. The number of nitriles is 1. The van der Waals surface area contributed by atoms with Gasteiger partial charge < -0.3 is 4.74 Å². The predicted octanol–water partition coefficient (Wildman–Crippen LogP) is 4.19. The number of ether oxygens (including phenoxy) is 1. The SMILES string of the molecule is C=CC#N.C=CC=COC(=O)C(=C)C=Cc1ccccc1. The van der Waals surface area contributed by atoms with Gasteiger partial charge in [-0.2, -0.15) is 5.26 Å². The minimum atomic E-state index is -0.477. The zero-order valence-electron chi connectivity index (χ0n) is 11.7. The summed E-state index contributed by atoms with van der Waals surface area (Å²) in [5.74, 6) is -0.477. The molecular weight excluding hydrogens is 262 g/mol. The van der Waals surface area contributed by atoms with Crippen LogP contribution in [0.1, 0.15) is 5.56 Å². The van der Waals surface area contributed by atoms with E-state index in [1.165, 1.54) is 24.5 Å². The number of benzene rings is 1. The topological polar surface area (TPSA) is 50.1 Å². The van der Waals surface area contributed by atoms with Crippen molar-refractivity contribution in [3.63, 3.8) is 0 Å². The van der Waals surface area contributed by atoms with E-state index < -0.39 is 5.97 Å². The number of rotatable bonds is 5. The fourth-order valence-corrected chi connectivity index (χ4v) is 1.06. The van der Waals surface area contributed by atoms with Gasteiger partial charge in [-0.3, -0.25) is 0 Å². The average Bonchev–Trinajstić information content (AvgIpc) is 2.54. The summed E-state index contributed by atoms with van der Waals surface area (Å²) in [4.78, 5) is 11.4. The fraction of sp³-hybridized carbons (Fsp3) is 0. The van der Waals surface area contributed by atoms with E-state index in [0.29, 0.717) is 5.57 Å². The summed E-state index contributed by atoms with van der Waals surface area (Å²) >= 11 is 0. The van der Waals surface area contributed by atoms with Gasteiger partial charge in [-0.1, -0.05) is 62.2 Å². The molecule has 0 heterocycles. The molecule has 0 bridgehead atoms. The van der Waals surface area contributed by atoms with Crippen LogP contribution in [0, 0.1) is 11.3 Å². The lowest BCUT2D eigenvalue weighted by Crippen LogP contribution is -2.00. The Kier molecular flexibility index (Phi) is 10.2. The normalized spacial score (nSPS) is 9.29. The standard InChI is InChI=1S/C15H14O2.C3H3N/c1-3-4-12-17-15(16)13(2)10-11-14-8-6-5-7-9-14;1-2-3-4/h3-12H,1-2H2;2H,1H2. The summed E-state index contributed by atoms with van der Waals surface area (Å²) in [5.41, 5.74) is 1.30. The van der Waals surface area contributed by atoms with E-state index in [2.05, 4.69) is 19.7 Å². The third kappa shape index (κ3) is 9.46. The highest BCUT2D eigenvalue weighted by Crippen LogP contribution is 2.05. The Hall–Kier alpha value is -3.12. The Morgan fingerprint density at radius 2 is 1.86 bits per heavy atom. The number of allylic oxidation sites excluding steroid dienone is 3. The van der Waals surface area contributed by atoms with Gasteiger partial charge >= 0.3 is 5.97 Å². The van der Waals surface area contributed by atoms with Crippen LogP contribution in [0.15, 0.2) is 86.2 Å². The van der Waals surface area contributed by atoms with Gasteiger partial charge in [0.05, 0.1) is 17.9 Å². The average molecular weight is 279 g/mol. The minimum absolute atomic E-state index is 0.294. The summed E-state index contributed by atoms with van der Waals surface area (Å²) in [6.07, 6.45) is 8.94. The van der Waals surface area contributed by atoms with E-state index in [0.717, 1.165) is 5.56 Å². The molecule has 0 amide bonds. The number of hydrogen-bond acceptors (Lipinski definition) is 3. The van der Waals surface area contributed by atoms with Crippen molar-refractivity contribution in [2.24, 2.45) is 0 Å². The molecule has 0 atom stereocenters. The van der Waals surface area contributed by atoms with Crippen molar-refractivity contribution in [1.82, 2.24) is 0 Å². The first-order chi connectivity index (χ1) is 10.2. The van der Waals surface area contributed by atoms with Crippen LogP contribution in [0.5, 0.6) is 0 Å². The first kappa shape index (κ1) is 17.9. The van der Waals surface area contributed by atoms with Gasteiger partial charge in [-0.15, -0.1) is 0 Å². The molecule has 0 aliphatic heterocycles. The molecule has 0 radical (unpaired) electrons. The maximum Gasteiger partial charge on any atom is 0.342 e. The molecule has 0 saturated carbocycles. The monoisotopic (exact) mass is 279 g/mol. The van der Waals surface area contributed by atoms with E-state index in [-0.39, 0.29) is 0 Å². The molecule has 0 unspecified atom stereocenters. The Labute approximate surface area is 125 Å². The lowest BCUT2D eigenvalue weighted by Gasteiger charge is -1.97. The third-order valence-electron chi connectivity index (χ3n) is 2.02. The van der Waals surface area contributed by atoms with Gasteiger partial charge in [0.1, 0.15) is 0 Å². The smallest absolute Gasteiger partial charge is 0.342 e. The lowest BCUT2D eigenvalue weighted by atomic mass is 10.2. The second-order valence-corrected chi connectivity index (χ2v) is 3.57. The van der Waals surface area contributed by atoms with Gasteiger partial charge in [0.15, 0.2) is 0 Å². The molecule has 0 N–H and O–H groups in total. The number of nitrogens with zero attached hydrogens (tertiary/aromatic N) is 1. The summed E-state index contributed by atoms with van der Waals surface area (Å²) in [6.45, 7) is 10.2. The Morgan fingerprint density at radius 3 is 2.38 bits per heavy atom. The molecule has 3 heteroatoms. The fourth-order valence-electron chi connectivity index (χ4n) is 1.06. The van der Waals surface area contributed by atoms with Gasteiger partial charge in [-0.05, 0) is 17.7 Å². The molecule has 0 fully saturated rings. The van der Waals surface area contributed by atoms with Crippen molar-refractivity contribution in [2.45, 2.75) is 0 Å². The van der Waals surface area contributed by atoms with Crippen molar-refractivity contribution < 1.29 is 9.53 Å². The molecule has 21 heavy (non-hydrogen) atoms. The molecule has 0 aromatic heterocycles. The van der Waals surface area contributed by atoms with Crippen molar-refractivity contribution >= 4 is 12.0 Å². The first-order valence-corrected chi connectivity index (χ1v) is 6.06. The number of hydrogen-bond donors (Lipinski definition) is 0. The van der Waals surface area contributed by atoms with Gasteiger partial charge in [0, 0.05) is 6.08 Å². The van der Waals surface area contributed by atoms with E-state index in [9.17, 15) is 4.79 Å². The summed E-state index contributed by atoms with van der Waals surface area (Å²) in [7, 11) is 0. The van der Waals surface area contributed by atoms with E-state index >= 15 is 0 Å². The Balaban J connectivity index is 0.000000885. The van der Waals surface area contributed by atoms with Crippen molar-refractivity contribution in [3.05, 3.63) is 91.8 Å². The summed E-state index contributed by atoms with van der Waals surface area (Å²) in [6, 6.07) is 11.3. The minimum Gasteiger partial charge on any atom is -0.431 e. The maximum atomic E-state index is 11.4. The van der Waals surface area contributed by atoms with Crippen molar-refractivity contribution in [1.29, 1.82) is 5.26 Å². The van der Waals surface area contributed by atoms with Gasteiger partial charge in [-0.25, -0.2) is 4.79 Å². The largest absolute Gasteiger partial charge is 0.431 e. The van der Waals surface area contributed by atoms with E-state index in [1.807, 2.05) is 30.3 Å². The molecule has 1 aromatic carbocycles. The van der Waals surface area contributed by atoms with E-state index in [1.54, 1.807) is 18.2 Å². The maximum absolute atomic E-state index is 11.4. The highest BCUT2D eigenvalue weighted by Gasteiger charge is 2.02. The second-order valence-electron chi connectivity index (χ2n) is 3.57. The quantitative estimate of drug-likeness (QED) is 0.267. The molecule has 0 saturated heterocycles. The van der Waals surface area contributed by atoms with Crippen molar-refractivity contribution in [2.75, 3.05) is 0 Å². The molecular formula is C18H17NO2. The van der Waals surface area contributed by atoms with Gasteiger partial charge in [0.25, 0.3) is 0 Å². The zero-order valence-corrected chi connectivity index (χ0v) is 11.7. The van der Waals surface area contributed by atoms with Crippen LogP contribution in [-0.2, 0) is 9.53 Å². The highest BCUT2D eigenvalue weighted by molar-refractivity contribution is 5.92. The second kappa shape index (κ2) is 11.9. The third-order valence-corrected chi connectivity index (χ3v) is 2.02. The predicted molar refractivity (Wildman–Crippen MR) is 85.9 cm³/mol. The molecule has 3 nitrogen and oxygen atoms in total. The van der Waals surface area contributed by atoms with Crippen LogP contribution in [0.4, 0.5) is 0 Å². The highest BCUT2D eigenvalue weighted by atomic mass is 16.5. The van der Waals surface area contributed by atoms with E-state index in [4.69, 9.17) is 10.00 Å². The molecule has 0 aliphatic rings. The number of carbonyl (C=O) groups is 1. The van der Waals surface area contributed by atoms with Crippen LogP contribution in [0.2, 0.25) is 0 Å². The van der Waals surface area contributed by atoms with Crippen LogP contribution >= 0.6 is 0 Å². The summed E-state index contributed by atoms with van der Waals surface area (Å²) in [5, 5.41) is 7.51. The molecule has 1 rings (SSSR count). The molecule has 1 aromatic rings. The zero-order chi connectivity index (χ0) is 15.9. The molecule has 106 valence electrons. The number of carbonyl (C=O) groups excluding carboxylic acids is 1. The van der Waals surface area contributed by atoms with Gasteiger partial charge in [0.2, 0.25) is 0 Å². The lowest BCUT2D eigenvalue weighted by molar-refractivity contribution is -0.133.